The molecular formula is C22H33N2O4P. The largest absolute Gasteiger partial charge is 0.377 e. The summed E-state index contributed by atoms with van der Waals surface area (Å²) in [5.41, 5.74) is 2.38. The van der Waals surface area contributed by atoms with Crippen LogP contribution in [0.1, 0.15) is 0 Å². The highest BCUT2D eigenvalue weighted by Crippen LogP contribution is 2.13. The molecule has 0 aromatic heterocycles. The van der Waals surface area contributed by atoms with Gasteiger partial charge in [0.05, 0.1) is 39.6 Å². The second kappa shape index (κ2) is 15.2. The van der Waals surface area contributed by atoms with E-state index < -0.39 is 0 Å². The van der Waals surface area contributed by atoms with E-state index in [0.29, 0.717) is 39.6 Å². The molecule has 2 rings (SSSR count). The molecular weight excluding hydrogens is 387 g/mol. The van der Waals surface area contributed by atoms with Crippen molar-refractivity contribution in [3.8, 4) is 0 Å². The van der Waals surface area contributed by atoms with Crippen molar-refractivity contribution in [3.63, 3.8) is 0 Å². The molecule has 0 bridgehead atoms. The monoisotopic (exact) mass is 420 g/mol. The number of nitrogens with zero attached hydrogens (tertiary/aromatic N) is 2. The Bertz CT molecular complexity index is 578. The fourth-order valence-corrected chi connectivity index (χ4v) is 2.97. The highest BCUT2D eigenvalue weighted by molar-refractivity contribution is 7.26. The van der Waals surface area contributed by atoms with Crippen LogP contribution in [0.3, 0.4) is 0 Å². The third-order valence-electron chi connectivity index (χ3n) is 4.31. The summed E-state index contributed by atoms with van der Waals surface area (Å²) in [7, 11) is 4.14. The summed E-state index contributed by atoms with van der Waals surface area (Å²) in [6.07, 6.45) is 0. The molecule has 0 aliphatic rings. The molecule has 29 heavy (non-hydrogen) atoms. The van der Waals surface area contributed by atoms with Gasteiger partial charge in [0.1, 0.15) is 0 Å². The highest BCUT2D eigenvalue weighted by Gasteiger charge is 2.00. The average molecular weight is 420 g/mol. The zero-order chi connectivity index (χ0) is 20.6. The van der Waals surface area contributed by atoms with E-state index in [9.17, 15) is 0 Å². The van der Waals surface area contributed by atoms with Crippen molar-refractivity contribution in [1.29, 1.82) is 0 Å². The molecule has 0 atom stereocenters. The van der Waals surface area contributed by atoms with Gasteiger partial charge in [-0.2, -0.15) is 0 Å². The topological polar surface area (TPSA) is 43.4 Å². The second-order valence-electron chi connectivity index (χ2n) is 6.52. The lowest BCUT2D eigenvalue weighted by molar-refractivity contribution is 0.0918. The Morgan fingerprint density at radius 1 is 0.586 bits per heavy atom. The van der Waals surface area contributed by atoms with Crippen molar-refractivity contribution < 1.29 is 18.5 Å². The van der Waals surface area contributed by atoms with Crippen LogP contribution in [-0.2, 0) is 18.5 Å². The summed E-state index contributed by atoms with van der Waals surface area (Å²) in [6, 6.07) is 20.5. The van der Waals surface area contributed by atoms with Crippen LogP contribution in [0.15, 0.2) is 60.7 Å². The maximum absolute atomic E-state index is 5.60. The van der Waals surface area contributed by atoms with Crippen molar-refractivity contribution in [2.75, 3.05) is 76.6 Å². The fraction of sp³-hybridized carbons (Fsp3) is 0.455. The van der Waals surface area contributed by atoms with Gasteiger partial charge in [0.25, 0.3) is 0 Å². The molecule has 0 saturated carbocycles. The Kier molecular flexibility index (Phi) is 12.4. The predicted molar refractivity (Wildman–Crippen MR) is 121 cm³/mol. The summed E-state index contributed by atoms with van der Waals surface area (Å²) < 4.78 is 22.1. The van der Waals surface area contributed by atoms with Gasteiger partial charge >= 0.3 is 0 Å². The molecule has 160 valence electrons. The lowest BCUT2D eigenvalue weighted by atomic mass is 10.3. The third kappa shape index (κ3) is 10.6. The normalized spacial score (nSPS) is 10.8. The van der Waals surface area contributed by atoms with Crippen molar-refractivity contribution in [2.45, 2.75) is 0 Å². The lowest BCUT2D eigenvalue weighted by Gasteiger charge is -2.19. The third-order valence-corrected chi connectivity index (χ3v) is 4.96. The molecule has 0 N–H and O–H groups in total. The molecule has 6 nitrogen and oxygen atoms in total. The lowest BCUT2D eigenvalue weighted by Crippen LogP contribution is -2.23. The minimum Gasteiger partial charge on any atom is -0.377 e. The fourth-order valence-electron chi connectivity index (χ4n) is 2.56. The van der Waals surface area contributed by atoms with Gasteiger partial charge in [0.15, 0.2) is 9.03 Å². The Morgan fingerprint density at radius 2 is 1.00 bits per heavy atom. The van der Waals surface area contributed by atoms with Crippen LogP contribution in [-0.4, -0.2) is 66.8 Å². The zero-order valence-corrected chi connectivity index (χ0v) is 18.5. The molecule has 0 aliphatic carbocycles. The van der Waals surface area contributed by atoms with Crippen LogP contribution in [0.5, 0.6) is 0 Å². The van der Waals surface area contributed by atoms with E-state index in [1.54, 1.807) is 0 Å². The van der Waals surface area contributed by atoms with Crippen LogP contribution in [0.2, 0.25) is 0 Å². The van der Waals surface area contributed by atoms with Gasteiger partial charge in [-0.1, -0.05) is 36.4 Å². The zero-order valence-electron chi connectivity index (χ0n) is 17.5. The standard InChI is InChI=1S/C22H33N2O4P/c1-23(21-9-5-3-6-10-21)13-15-25-17-19-27-29-28-20-18-26-16-14-24(2)22-11-7-4-8-12-22/h3-12,29H,13-20H2,1-2H3. The minimum absolute atomic E-state index is 0.0210. The average Bonchev–Trinajstić information content (AvgIpc) is 2.77. The van der Waals surface area contributed by atoms with Gasteiger partial charge in [-0.15, -0.1) is 0 Å². The first-order valence-corrected chi connectivity index (χ1v) is 10.8. The molecule has 0 aliphatic heterocycles. The number of hydrogen-bond acceptors (Lipinski definition) is 6. The number of likely N-dealkylation sites (N-methyl/N-ethyl adjacent to an activating group) is 2. The molecule has 0 heterocycles. The summed E-state index contributed by atoms with van der Waals surface area (Å²) in [4.78, 5) is 4.34. The summed E-state index contributed by atoms with van der Waals surface area (Å²) in [5.74, 6) is 0. The molecule has 2 aromatic carbocycles. The SMILES string of the molecule is CN(CCOCCOPOCCOCCN(C)c1ccccc1)c1ccccc1. The number of rotatable bonds is 16. The highest BCUT2D eigenvalue weighted by atomic mass is 31.1. The maximum atomic E-state index is 5.60. The van der Waals surface area contributed by atoms with Gasteiger partial charge in [-0.3, -0.25) is 0 Å². The molecule has 0 amide bonds. The molecule has 0 spiro atoms. The molecule has 0 radical (unpaired) electrons. The predicted octanol–water partition coefficient (Wildman–Crippen LogP) is 3.83. The van der Waals surface area contributed by atoms with Crippen molar-refractivity contribution in [2.24, 2.45) is 0 Å². The van der Waals surface area contributed by atoms with Gasteiger partial charge in [-0.05, 0) is 24.3 Å². The van der Waals surface area contributed by atoms with Crippen LogP contribution in [0.25, 0.3) is 0 Å². The van der Waals surface area contributed by atoms with Gasteiger partial charge in [0.2, 0.25) is 0 Å². The van der Waals surface area contributed by atoms with E-state index in [4.69, 9.17) is 18.5 Å². The van der Waals surface area contributed by atoms with E-state index in [-0.39, 0.29) is 9.03 Å². The van der Waals surface area contributed by atoms with Gasteiger partial charge < -0.3 is 28.3 Å². The first-order valence-electron chi connectivity index (χ1n) is 9.94. The quantitative estimate of drug-likeness (QED) is 0.304. The first-order chi connectivity index (χ1) is 14.3. The molecule has 0 fully saturated rings. The van der Waals surface area contributed by atoms with Crippen LogP contribution in [0, 0.1) is 0 Å². The Balaban J connectivity index is 1.33. The van der Waals surface area contributed by atoms with Gasteiger partial charge in [-0.25, -0.2) is 0 Å². The number of para-hydroxylation sites is 2. The van der Waals surface area contributed by atoms with E-state index in [0.717, 1.165) is 13.1 Å². The van der Waals surface area contributed by atoms with E-state index in [1.807, 2.05) is 36.4 Å². The van der Waals surface area contributed by atoms with Crippen molar-refractivity contribution >= 4 is 20.4 Å². The number of anilines is 2. The van der Waals surface area contributed by atoms with E-state index >= 15 is 0 Å². The Labute approximate surface area is 176 Å². The minimum atomic E-state index is 0.0210. The number of ether oxygens (including phenoxy) is 2. The first kappa shape index (κ1) is 23.6. The van der Waals surface area contributed by atoms with Gasteiger partial charge in [0, 0.05) is 38.6 Å². The van der Waals surface area contributed by atoms with Crippen LogP contribution in [0.4, 0.5) is 11.4 Å². The smallest absolute Gasteiger partial charge is 0.155 e. The summed E-state index contributed by atoms with van der Waals surface area (Å²) >= 11 is 0. The maximum Gasteiger partial charge on any atom is 0.155 e. The van der Waals surface area contributed by atoms with Crippen molar-refractivity contribution in [3.05, 3.63) is 60.7 Å². The number of hydrogen-bond donors (Lipinski definition) is 0. The number of benzene rings is 2. The molecule has 0 saturated heterocycles. The van der Waals surface area contributed by atoms with E-state index in [2.05, 4.69) is 48.2 Å². The molecule has 2 aromatic rings. The Hall–Kier alpha value is -1.69. The van der Waals surface area contributed by atoms with Crippen molar-refractivity contribution in [1.82, 2.24) is 0 Å². The van der Waals surface area contributed by atoms with Crippen LogP contribution >= 0.6 is 9.03 Å². The van der Waals surface area contributed by atoms with E-state index in [1.165, 1.54) is 11.4 Å². The summed E-state index contributed by atoms with van der Waals surface area (Å²) in [5, 5.41) is 0. The second-order valence-corrected chi connectivity index (χ2v) is 7.26. The Morgan fingerprint density at radius 3 is 1.41 bits per heavy atom. The molecule has 0 unspecified atom stereocenters. The molecule has 7 heteroatoms. The van der Waals surface area contributed by atoms with Crippen LogP contribution < -0.4 is 9.80 Å². The summed E-state index contributed by atoms with van der Waals surface area (Å²) in [6.45, 7) is 5.25.